The van der Waals surface area contributed by atoms with Crippen LogP contribution in [0.2, 0.25) is 10.0 Å². The van der Waals surface area contributed by atoms with Gasteiger partial charge in [0.05, 0.1) is 34.8 Å². The highest BCUT2D eigenvalue weighted by Crippen LogP contribution is 2.36. The van der Waals surface area contributed by atoms with E-state index in [9.17, 15) is 0 Å². The SMILES string of the molecule is Clc1ccc(C2CN(Cc3cncn3C3CC3)CCO2)cc1Cl. The van der Waals surface area contributed by atoms with Gasteiger partial charge in [-0.25, -0.2) is 4.98 Å². The van der Waals surface area contributed by atoms with Crippen LogP contribution in [0, 0.1) is 0 Å². The second-order valence-corrected chi connectivity index (χ2v) is 7.11. The van der Waals surface area contributed by atoms with E-state index in [-0.39, 0.29) is 6.10 Å². The first-order valence-corrected chi connectivity index (χ1v) is 8.76. The number of morpholine rings is 1. The molecule has 1 saturated heterocycles. The summed E-state index contributed by atoms with van der Waals surface area (Å²) in [5, 5.41) is 1.16. The molecule has 1 atom stereocenters. The fourth-order valence-electron chi connectivity index (χ4n) is 3.13. The van der Waals surface area contributed by atoms with Crippen LogP contribution in [0.15, 0.2) is 30.7 Å². The predicted octanol–water partition coefficient (Wildman–Crippen LogP) is 4.10. The minimum absolute atomic E-state index is 0.0378. The van der Waals surface area contributed by atoms with Crippen LogP contribution < -0.4 is 0 Å². The molecule has 6 heteroatoms. The van der Waals surface area contributed by atoms with Crippen LogP contribution in [0.4, 0.5) is 0 Å². The van der Waals surface area contributed by atoms with Gasteiger partial charge >= 0.3 is 0 Å². The van der Waals surface area contributed by atoms with Gasteiger partial charge in [0.15, 0.2) is 0 Å². The lowest BCUT2D eigenvalue weighted by Crippen LogP contribution is -2.38. The number of ether oxygens (including phenoxy) is 1. The van der Waals surface area contributed by atoms with E-state index in [1.54, 1.807) is 0 Å². The highest BCUT2D eigenvalue weighted by molar-refractivity contribution is 6.42. The van der Waals surface area contributed by atoms with Crippen molar-refractivity contribution in [2.45, 2.75) is 31.5 Å². The van der Waals surface area contributed by atoms with Crippen LogP contribution in [0.1, 0.15) is 36.2 Å². The first-order chi connectivity index (χ1) is 11.2. The summed E-state index contributed by atoms with van der Waals surface area (Å²) in [7, 11) is 0. The van der Waals surface area contributed by atoms with Gasteiger partial charge in [0.1, 0.15) is 0 Å². The Hall–Kier alpha value is -1.07. The molecular formula is C17H19Cl2N3O. The molecule has 4 rings (SSSR count). The predicted molar refractivity (Wildman–Crippen MR) is 90.9 cm³/mol. The molecule has 2 aliphatic rings. The van der Waals surface area contributed by atoms with E-state index in [1.165, 1.54) is 18.5 Å². The topological polar surface area (TPSA) is 30.3 Å². The Bertz CT molecular complexity index is 699. The maximum Gasteiger partial charge on any atom is 0.0953 e. The van der Waals surface area contributed by atoms with Gasteiger partial charge in [-0.15, -0.1) is 0 Å². The molecule has 4 nitrogen and oxygen atoms in total. The van der Waals surface area contributed by atoms with E-state index in [4.69, 9.17) is 27.9 Å². The molecule has 0 bridgehead atoms. The molecule has 1 aromatic heterocycles. The Kier molecular flexibility index (Phi) is 4.33. The lowest BCUT2D eigenvalue weighted by Gasteiger charge is -2.33. The van der Waals surface area contributed by atoms with E-state index in [0.29, 0.717) is 16.1 Å². The fourth-order valence-corrected chi connectivity index (χ4v) is 3.43. The van der Waals surface area contributed by atoms with Crippen molar-refractivity contribution in [3.63, 3.8) is 0 Å². The minimum Gasteiger partial charge on any atom is -0.371 e. The van der Waals surface area contributed by atoms with Crippen LogP contribution in [0.25, 0.3) is 0 Å². The number of imidazole rings is 1. The Morgan fingerprint density at radius 2 is 2.09 bits per heavy atom. The molecule has 1 aliphatic heterocycles. The minimum atomic E-state index is 0.0378. The lowest BCUT2D eigenvalue weighted by molar-refractivity contribution is -0.0335. The summed E-state index contributed by atoms with van der Waals surface area (Å²) < 4.78 is 8.26. The summed E-state index contributed by atoms with van der Waals surface area (Å²) in [4.78, 5) is 6.74. The Morgan fingerprint density at radius 3 is 2.87 bits per heavy atom. The van der Waals surface area contributed by atoms with E-state index in [0.717, 1.165) is 31.8 Å². The van der Waals surface area contributed by atoms with E-state index >= 15 is 0 Å². The summed E-state index contributed by atoms with van der Waals surface area (Å²) in [6.45, 7) is 3.43. The molecule has 23 heavy (non-hydrogen) atoms. The van der Waals surface area contributed by atoms with E-state index in [2.05, 4.69) is 14.5 Å². The molecule has 2 heterocycles. The summed E-state index contributed by atoms with van der Waals surface area (Å²) in [6, 6.07) is 6.41. The maximum absolute atomic E-state index is 6.13. The lowest BCUT2D eigenvalue weighted by atomic mass is 10.1. The van der Waals surface area contributed by atoms with Crippen LogP contribution in [0.5, 0.6) is 0 Å². The van der Waals surface area contributed by atoms with Crippen molar-refractivity contribution in [2.75, 3.05) is 19.7 Å². The van der Waals surface area contributed by atoms with Gasteiger partial charge in [-0.3, -0.25) is 4.90 Å². The number of halogens is 2. The number of aromatic nitrogens is 2. The van der Waals surface area contributed by atoms with Crippen LogP contribution in [-0.4, -0.2) is 34.1 Å². The van der Waals surface area contributed by atoms with Gasteiger partial charge in [0, 0.05) is 31.9 Å². The summed E-state index contributed by atoms with van der Waals surface area (Å²) >= 11 is 12.1. The zero-order valence-corrected chi connectivity index (χ0v) is 14.3. The van der Waals surface area contributed by atoms with Crippen molar-refractivity contribution in [1.82, 2.24) is 14.5 Å². The third-order valence-electron chi connectivity index (χ3n) is 4.54. The van der Waals surface area contributed by atoms with Crippen molar-refractivity contribution in [3.8, 4) is 0 Å². The van der Waals surface area contributed by atoms with E-state index < -0.39 is 0 Å². The molecule has 2 fully saturated rings. The monoisotopic (exact) mass is 351 g/mol. The molecule has 122 valence electrons. The first kappa shape index (κ1) is 15.5. The van der Waals surface area contributed by atoms with Gasteiger partial charge in [-0.05, 0) is 30.5 Å². The van der Waals surface area contributed by atoms with Crippen molar-refractivity contribution in [2.24, 2.45) is 0 Å². The number of rotatable bonds is 4. The molecule has 0 radical (unpaired) electrons. The molecule has 1 aromatic carbocycles. The van der Waals surface area contributed by atoms with Crippen molar-refractivity contribution >= 4 is 23.2 Å². The first-order valence-electron chi connectivity index (χ1n) is 8.00. The second kappa shape index (κ2) is 6.44. The summed E-state index contributed by atoms with van der Waals surface area (Å²) in [5.41, 5.74) is 2.38. The van der Waals surface area contributed by atoms with E-state index in [1.807, 2.05) is 30.7 Å². The Balaban J connectivity index is 1.46. The van der Waals surface area contributed by atoms with Crippen molar-refractivity contribution in [3.05, 3.63) is 52.0 Å². The summed E-state index contributed by atoms with van der Waals surface area (Å²) in [6.07, 6.45) is 6.54. The number of hydrogen-bond acceptors (Lipinski definition) is 3. The number of benzene rings is 1. The maximum atomic E-state index is 6.13. The van der Waals surface area contributed by atoms with Gasteiger partial charge in [-0.2, -0.15) is 0 Å². The average molecular weight is 352 g/mol. The number of hydrogen-bond donors (Lipinski definition) is 0. The van der Waals surface area contributed by atoms with Crippen LogP contribution in [0.3, 0.4) is 0 Å². The zero-order chi connectivity index (χ0) is 15.8. The molecule has 0 spiro atoms. The second-order valence-electron chi connectivity index (χ2n) is 6.29. The van der Waals surface area contributed by atoms with Gasteiger partial charge in [0.25, 0.3) is 0 Å². The normalized spacial score (nSPS) is 22.4. The summed E-state index contributed by atoms with van der Waals surface area (Å²) in [5.74, 6) is 0. The van der Waals surface area contributed by atoms with Crippen LogP contribution in [-0.2, 0) is 11.3 Å². The zero-order valence-electron chi connectivity index (χ0n) is 12.8. The van der Waals surface area contributed by atoms with Gasteiger partial charge in [0.2, 0.25) is 0 Å². The molecular weight excluding hydrogens is 333 g/mol. The van der Waals surface area contributed by atoms with Gasteiger partial charge < -0.3 is 9.30 Å². The smallest absolute Gasteiger partial charge is 0.0953 e. The largest absolute Gasteiger partial charge is 0.371 e. The van der Waals surface area contributed by atoms with Crippen molar-refractivity contribution < 1.29 is 4.74 Å². The fraction of sp³-hybridized carbons (Fsp3) is 0.471. The standard InChI is InChI=1S/C17H19Cl2N3O/c18-15-4-1-12(7-16(15)19)17-10-21(5-6-23-17)9-14-8-20-11-22(14)13-2-3-13/h1,4,7-8,11,13,17H,2-3,5-6,9-10H2. The Morgan fingerprint density at radius 1 is 1.22 bits per heavy atom. The molecule has 1 aliphatic carbocycles. The third-order valence-corrected chi connectivity index (χ3v) is 5.28. The molecule has 1 unspecified atom stereocenters. The molecule has 0 amide bonds. The quantitative estimate of drug-likeness (QED) is 0.830. The Labute approximate surface area is 146 Å². The highest BCUT2D eigenvalue weighted by atomic mass is 35.5. The molecule has 0 N–H and O–H groups in total. The molecule has 1 saturated carbocycles. The third kappa shape index (κ3) is 3.41. The van der Waals surface area contributed by atoms with Crippen molar-refractivity contribution in [1.29, 1.82) is 0 Å². The number of nitrogens with zero attached hydrogens (tertiary/aromatic N) is 3. The average Bonchev–Trinajstić information content (AvgIpc) is 3.30. The van der Waals surface area contributed by atoms with Crippen LogP contribution >= 0.6 is 23.2 Å². The van der Waals surface area contributed by atoms with Gasteiger partial charge in [-0.1, -0.05) is 29.3 Å². The molecule has 2 aromatic rings. The highest BCUT2D eigenvalue weighted by Gasteiger charge is 2.27.